The highest BCUT2D eigenvalue weighted by Crippen LogP contribution is 2.35. The molecule has 2 amide bonds. The number of hydrogen-bond acceptors (Lipinski definition) is 5. The molecule has 2 aliphatic rings. The standard InChI is InChI=1S/C24H32N4O2S/c1-4-17-7-5-6-8-19(17)25-22(29)18-9-10-20-21(15-18)31-24(26-20)28-13-11-27(12-14-28)23(30)16(2)3/h5-8,16,18H,4,9-15H2,1-3H3,(H,25,29)/t18-/m0/s1. The van der Waals surface area contributed by atoms with Crippen molar-refractivity contribution in [3.05, 3.63) is 40.4 Å². The van der Waals surface area contributed by atoms with E-state index < -0.39 is 0 Å². The summed E-state index contributed by atoms with van der Waals surface area (Å²) in [6.07, 6.45) is 3.36. The van der Waals surface area contributed by atoms with E-state index in [0.717, 1.165) is 68.4 Å². The molecule has 1 aliphatic carbocycles. The number of aryl methyl sites for hydroxylation is 2. The fourth-order valence-corrected chi connectivity index (χ4v) is 5.63. The Morgan fingerprint density at radius 3 is 2.65 bits per heavy atom. The molecule has 1 aliphatic heterocycles. The minimum atomic E-state index is -0.00813. The lowest BCUT2D eigenvalue weighted by Gasteiger charge is -2.35. The highest BCUT2D eigenvalue weighted by molar-refractivity contribution is 7.15. The Kier molecular flexibility index (Phi) is 6.60. The Hall–Kier alpha value is -2.41. The van der Waals surface area contributed by atoms with Crippen molar-refractivity contribution < 1.29 is 9.59 Å². The Morgan fingerprint density at radius 1 is 1.19 bits per heavy atom. The van der Waals surface area contributed by atoms with Gasteiger partial charge in [-0.1, -0.05) is 39.0 Å². The Balaban J connectivity index is 1.38. The zero-order valence-electron chi connectivity index (χ0n) is 18.7. The number of benzene rings is 1. The smallest absolute Gasteiger partial charge is 0.227 e. The lowest BCUT2D eigenvalue weighted by atomic mass is 9.90. The van der Waals surface area contributed by atoms with E-state index in [2.05, 4.69) is 23.2 Å². The zero-order chi connectivity index (χ0) is 22.0. The third-order valence-electron chi connectivity index (χ3n) is 6.31. The van der Waals surface area contributed by atoms with Crippen LogP contribution >= 0.6 is 11.3 Å². The molecule has 6 nitrogen and oxygen atoms in total. The van der Waals surface area contributed by atoms with Gasteiger partial charge in [0.15, 0.2) is 5.13 Å². The molecule has 1 N–H and O–H groups in total. The van der Waals surface area contributed by atoms with Crippen LogP contribution in [-0.4, -0.2) is 47.9 Å². The van der Waals surface area contributed by atoms with E-state index in [1.807, 2.05) is 36.9 Å². The molecule has 1 saturated heterocycles. The number of amides is 2. The normalized spacial score (nSPS) is 18.8. The SMILES string of the molecule is CCc1ccccc1NC(=O)[C@H]1CCc2nc(N3CCN(C(=O)C(C)C)CC3)sc2C1. The van der Waals surface area contributed by atoms with Gasteiger partial charge in [0.05, 0.1) is 5.69 Å². The van der Waals surface area contributed by atoms with Crippen molar-refractivity contribution in [1.29, 1.82) is 0 Å². The van der Waals surface area contributed by atoms with E-state index in [0.29, 0.717) is 0 Å². The number of carbonyl (C=O) groups excluding carboxylic acids is 2. The maximum absolute atomic E-state index is 12.9. The molecule has 1 aromatic carbocycles. The van der Waals surface area contributed by atoms with Crippen LogP contribution in [-0.2, 0) is 28.9 Å². The molecule has 1 fully saturated rings. The number of aromatic nitrogens is 1. The molecule has 1 atom stereocenters. The number of piperazine rings is 1. The topological polar surface area (TPSA) is 65.5 Å². The van der Waals surface area contributed by atoms with Crippen molar-refractivity contribution in [1.82, 2.24) is 9.88 Å². The van der Waals surface area contributed by atoms with Crippen molar-refractivity contribution in [2.24, 2.45) is 11.8 Å². The molecule has 7 heteroatoms. The predicted octanol–water partition coefficient (Wildman–Crippen LogP) is 3.75. The zero-order valence-corrected chi connectivity index (χ0v) is 19.5. The van der Waals surface area contributed by atoms with Crippen molar-refractivity contribution >= 4 is 34.0 Å². The Labute approximate surface area is 188 Å². The first-order valence-electron chi connectivity index (χ1n) is 11.4. The summed E-state index contributed by atoms with van der Waals surface area (Å²) in [5, 5.41) is 4.19. The van der Waals surface area contributed by atoms with Gasteiger partial charge in [-0.2, -0.15) is 0 Å². The first kappa shape index (κ1) is 21.8. The molecule has 4 rings (SSSR count). The summed E-state index contributed by atoms with van der Waals surface area (Å²) >= 11 is 1.72. The van der Waals surface area contributed by atoms with E-state index in [-0.39, 0.29) is 23.7 Å². The molecule has 0 bridgehead atoms. The summed E-state index contributed by atoms with van der Waals surface area (Å²) in [5.74, 6) is 0.385. The van der Waals surface area contributed by atoms with Crippen LogP contribution in [0.5, 0.6) is 0 Å². The molecule has 1 aromatic heterocycles. The Morgan fingerprint density at radius 2 is 1.94 bits per heavy atom. The number of nitrogens with zero attached hydrogens (tertiary/aromatic N) is 3. The van der Waals surface area contributed by atoms with Crippen LogP contribution in [0.25, 0.3) is 0 Å². The number of anilines is 2. The highest BCUT2D eigenvalue weighted by Gasteiger charge is 2.30. The van der Waals surface area contributed by atoms with Gasteiger partial charge in [-0.15, -0.1) is 11.3 Å². The van der Waals surface area contributed by atoms with E-state index in [4.69, 9.17) is 4.98 Å². The number of thiazole rings is 1. The summed E-state index contributed by atoms with van der Waals surface area (Å²) in [4.78, 5) is 35.6. The molecule has 2 aromatic rings. The number of rotatable bonds is 5. The largest absolute Gasteiger partial charge is 0.345 e. The fraction of sp³-hybridized carbons (Fsp3) is 0.542. The fourth-order valence-electron chi connectivity index (χ4n) is 4.39. The minimum Gasteiger partial charge on any atom is -0.345 e. The van der Waals surface area contributed by atoms with Crippen LogP contribution < -0.4 is 10.2 Å². The van der Waals surface area contributed by atoms with Gasteiger partial charge in [0.1, 0.15) is 0 Å². The van der Waals surface area contributed by atoms with E-state index in [1.165, 1.54) is 10.4 Å². The average Bonchev–Trinajstić information content (AvgIpc) is 3.22. The van der Waals surface area contributed by atoms with E-state index in [1.54, 1.807) is 11.3 Å². The summed E-state index contributed by atoms with van der Waals surface area (Å²) in [6.45, 7) is 9.17. The molecule has 166 valence electrons. The summed E-state index contributed by atoms with van der Waals surface area (Å²) in [5.41, 5.74) is 3.25. The van der Waals surface area contributed by atoms with Crippen molar-refractivity contribution in [2.45, 2.75) is 46.5 Å². The first-order valence-corrected chi connectivity index (χ1v) is 12.2. The van der Waals surface area contributed by atoms with Gasteiger partial charge in [0.25, 0.3) is 0 Å². The predicted molar refractivity (Wildman–Crippen MR) is 126 cm³/mol. The van der Waals surface area contributed by atoms with Crippen molar-refractivity contribution in [2.75, 3.05) is 36.4 Å². The van der Waals surface area contributed by atoms with Crippen LogP contribution in [0.15, 0.2) is 24.3 Å². The molecule has 0 radical (unpaired) electrons. The number of fused-ring (bicyclic) bond motifs is 1. The third kappa shape index (κ3) is 4.76. The van der Waals surface area contributed by atoms with Crippen molar-refractivity contribution in [3.8, 4) is 0 Å². The van der Waals surface area contributed by atoms with Gasteiger partial charge < -0.3 is 15.1 Å². The van der Waals surface area contributed by atoms with Crippen LogP contribution in [0.2, 0.25) is 0 Å². The maximum Gasteiger partial charge on any atom is 0.227 e. The minimum absolute atomic E-state index is 0.00813. The second-order valence-electron chi connectivity index (χ2n) is 8.77. The Bertz CT molecular complexity index is 947. The molecule has 0 spiro atoms. The average molecular weight is 441 g/mol. The van der Waals surface area contributed by atoms with E-state index in [9.17, 15) is 9.59 Å². The quantitative estimate of drug-likeness (QED) is 0.769. The second kappa shape index (κ2) is 9.39. The number of para-hydroxylation sites is 1. The summed E-state index contributed by atoms with van der Waals surface area (Å²) in [7, 11) is 0. The van der Waals surface area contributed by atoms with Crippen LogP contribution in [0.1, 0.15) is 43.3 Å². The number of hydrogen-bond donors (Lipinski definition) is 1. The maximum atomic E-state index is 12.9. The van der Waals surface area contributed by atoms with Crippen LogP contribution in [0.3, 0.4) is 0 Å². The highest BCUT2D eigenvalue weighted by atomic mass is 32.1. The van der Waals surface area contributed by atoms with Gasteiger partial charge in [0, 0.05) is 48.6 Å². The second-order valence-corrected chi connectivity index (χ2v) is 9.84. The van der Waals surface area contributed by atoms with Gasteiger partial charge in [-0.3, -0.25) is 9.59 Å². The van der Waals surface area contributed by atoms with Gasteiger partial charge >= 0.3 is 0 Å². The molecule has 2 heterocycles. The van der Waals surface area contributed by atoms with E-state index >= 15 is 0 Å². The molecular weight excluding hydrogens is 408 g/mol. The molecule has 0 unspecified atom stereocenters. The first-order chi connectivity index (χ1) is 15.0. The lowest BCUT2D eigenvalue weighted by molar-refractivity contribution is -0.134. The third-order valence-corrected chi connectivity index (χ3v) is 7.49. The number of nitrogens with one attached hydrogen (secondary N) is 1. The lowest BCUT2D eigenvalue weighted by Crippen LogP contribution is -2.49. The number of carbonyl (C=O) groups is 2. The van der Waals surface area contributed by atoms with Gasteiger partial charge in [-0.05, 0) is 37.3 Å². The summed E-state index contributed by atoms with van der Waals surface area (Å²) in [6, 6.07) is 8.04. The molecular formula is C24H32N4O2S. The monoisotopic (exact) mass is 440 g/mol. The summed E-state index contributed by atoms with van der Waals surface area (Å²) < 4.78 is 0. The van der Waals surface area contributed by atoms with Gasteiger partial charge in [-0.25, -0.2) is 4.98 Å². The molecule has 0 saturated carbocycles. The molecule has 31 heavy (non-hydrogen) atoms. The van der Waals surface area contributed by atoms with Crippen LogP contribution in [0, 0.1) is 11.8 Å². The van der Waals surface area contributed by atoms with Crippen LogP contribution in [0.4, 0.5) is 10.8 Å². The van der Waals surface area contributed by atoms with Gasteiger partial charge in [0.2, 0.25) is 11.8 Å². The van der Waals surface area contributed by atoms with Crippen molar-refractivity contribution in [3.63, 3.8) is 0 Å².